The molecular formula is C13H17NO2. The number of esters is 1. The monoisotopic (exact) mass is 219 g/mol. The summed E-state index contributed by atoms with van der Waals surface area (Å²) in [6.45, 7) is 3.16. The van der Waals surface area contributed by atoms with E-state index in [0.29, 0.717) is 6.61 Å². The van der Waals surface area contributed by atoms with Crippen molar-refractivity contribution >= 4 is 5.97 Å². The first-order valence-corrected chi connectivity index (χ1v) is 5.78. The zero-order valence-corrected chi connectivity index (χ0v) is 9.48. The summed E-state index contributed by atoms with van der Waals surface area (Å²) < 4.78 is 5.08. The lowest BCUT2D eigenvalue weighted by atomic mass is 9.92. The number of benzene rings is 1. The van der Waals surface area contributed by atoms with E-state index < -0.39 is 0 Å². The number of nitrogens with one attached hydrogen (secondary N) is 1. The van der Waals surface area contributed by atoms with Crippen molar-refractivity contribution in [3.05, 3.63) is 35.9 Å². The molecule has 2 rings (SSSR count). The minimum absolute atomic E-state index is 0.131. The van der Waals surface area contributed by atoms with Crippen LogP contribution in [0.4, 0.5) is 0 Å². The second kappa shape index (κ2) is 5.12. The van der Waals surface area contributed by atoms with Crippen molar-refractivity contribution in [2.24, 2.45) is 0 Å². The van der Waals surface area contributed by atoms with Crippen LogP contribution < -0.4 is 5.32 Å². The van der Waals surface area contributed by atoms with Crippen molar-refractivity contribution < 1.29 is 9.53 Å². The van der Waals surface area contributed by atoms with Crippen LogP contribution in [0, 0.1) is 0 Å². The molecule has 2 atom stereocenters. The molecule has 86 valence electrons. The minimum Gasteiger partial charge on any atom is -0.465 e. The summed E-state index contributed by atoms with van der Waals surface area (Å²) in [5.41, 5.74) is 1.21. The van der Waals surface area contributed by atoms with Crippen LogP contribution in [0.15, 0.2) is 30.3 Å². The van der Waals surface area contributed by atoms with Gasteiger partial charge in [-0.3, -0.25) is 4.79 Å². The van der Waals surface area contributed by atoms with Crippen LogP contribution in [0.25, 0.3) is 0 Å². The van der Waals surface area contributed by atoms with Crippen LogP contribution in [-0.4, -0.2) is 25.2 Å². The summed E-state index contributed by atoms with van der Waals surface area (Å²) in [6, 6.07) is 9.98. The number of rotatable bonds is 3. The maximum Gasteiger partial charge on any atom is 0.323 e. The van der Waals surface area contributed by atoms with Crippen LogP contribution in [0.3, 0.4) is 0 Å². The largest absolute Gasteiger partial charge is 0.465 e. The van der Waals surface area contributed by atoms with Crippen molar-refractivity contribution in [3.63, 3.8) is 0 Å². The van der Waals surface area contributed by atoms with Gasteiger partial charge >= 0.3 is 5.97 Å². The fourth-order valence-electron chi connectivity index (χ4n) is 2.24. The summed E-state index contributed by atoms with van der Waals surface area (Å²) in [6.07, 6.45) is 0.994. The van der Waals surface area contributed by atoms with Crippen molar-refractivity contribution in [3.8, 4) is 0 Å². The highest BCUT2D eigenvalue weighted by molar-refractivity contribution is 5.77. The third-order valence-electron chi connectivity index (χ3n) is 2.99. The zero-order valence-electron chi connectivity index (χ0n) is 9.48. The molecule has 3 nitrogen and oxygen atoms in total. The SMILES string of the molecule is CCOC(=O)[C@H]1NCC[C@H]1c1ccccc1. The average molecular weight is 219 g/mol. The van der Waals surface area contributed by atoms with Gasteiger partial charge in [0.1, 0.15) is 6.04 Å². The Hall–Kier alpha value is -1.35. The number of hydrogen-bond acceptors (Lipinski definition) is 3. The molecule has 0 amide bonds. The third kappa shape index (κ3) is 2.25. The van der Waals surface area contributed by atoms with E-state index >= 15 is 0 Å². The maximum absolute atomic E-state index is 11.7. The fraction of sp³-hybridized carbons (Fsp3) is 0.462. The summed E-state index contributed by atoms with van der Waals surface area (Å²) in [5.74, 6) is 0.120. The Morgan fingerprint density at radius 1 is 1.44 bits per heavy atom. The van der Waals surface area contributed by atoms with E-state index in [1.807, 2.05) is 25.1 Å². The lowest BCUT2D eigenvalue weighted by Gasteiger charge is -2.18. The molecule has 1 aliphatic heterocycles. The molecule has 0 unspecified atom stereocenters. The van der Waals surface area contributed by atoms with Gasteiger partial charge in [-0.2, -0.15) is 0 Å². The molecular weight excluding hydrogens is 202 g/mol. The molecule has 0 aliphatic carbocycles. The van der Waals surface area contributed by atoms with Gasteiger partial charge in [0.15, 0.2) is 0 Å². The second-order valence-corrected chi connectivity index (χ2v) is 3.99. The molecule has 0 saturated carbocycles. The van der Waals surface area contributed by atoms with Gasteiger partial charge in [0.2, 0.25) is 0 Å². The Kier molecular flexibility index (Phi) is 3.57. The normalized spacial score (nSPS) is 24.3. The minimum atomic E-state index is -0.178. The van der Waals surface area contributed by atoms with Crippen LogP contribution in [0.5, 0.6) is 0 Å². The molecule has 0 spiro atoms. The first-order chi connectivity index (χ1) is 7.83. The van der Waals surface area contributed by atoms with Gasteiger partial charge in [-0.05, 0) is 25.5 Å². The first kappa shape index (κ1) is 11.1. The average Bonchev–Trinajstić information content (AvgIpc) is 2.79. The molecule has 16 heavy (non-hydrogen) atoms. The van der Waals surface area contributed by atoms with Crippen LogP contribution in [0.2, 0.25) is 0 Å². The Labute approximate surface area is 95.8 Å². The molecule has 0 bridgehead atoms. The lowest BCUT2D eigenvalue weighted by molar-refractivity contribution is -0.145. The predicted molar refractivity (Wildman–Crippen MR) is 62.2 cm³/mol. The Balaban J connectivity index is 2.12. The molecule has 1 aliphatic rings. The Morgan fingerprint density at radius 2 is 2.19 bits per heavy atom. The van der Waals surface area contributed by atoms with Crippen LogP contribution in [-0.2, 0) is 9.53 Å². The molecule has 1 saturated heterocycles. The van der Waals surface area contributed by atoms with Crippen molar-refractivity contribution in [1.82, 2.24) is 5.32 Å². The van der Waals surface area contributed by atoms with E-state index in [4.69, 9.17) is 4.74 Å². The quantitative estimate of drug-likeness (QED) is 0.786. The molecule has 0 radical (unpaired) electrons. The molecule has 3 heteroatoms. The number of hydrogen-bond donors (Lipinski definition) is 1. The molecule has 1 heterocycles. The summed E-state index contributed by atoms with van der Waals surface area (Å²) in [7, 11) is 0. The molecule has 1 aromatic carbocycles. The highest BCUT2D eigenvalue weighted by Gasteiger charge is 2.34. The first-order valence-electron chi connectivity index (χ1n) is 5.78. The van der Waals surface area contributed by atoms with E-state index in [9.17, 15) is 4.79 Å². The van der Waals surface area contributed by atoms with Crippen LogP contribution in [0.1, 0.15) is 24.8 Å². The van der Waals surface area contributed by atoms with Gasteiger partial charge in [0.25, 0.3) is 0 Å². The summed E-state index contributed by atoms with van der Waals surface area (Å²) >= 11 is 0. The van der Waals surface area contributed by atoms with Gasteiger partial charge < -0.3 is 10.1 Å². The highest BCUT2D eigenvalue weighted by Crippen LogP contribution is 2.28. The van der Waals surface area contributed by atoms with Gasteiger partial charge in [-0.15, -0.1) is 0 Å². The fourth-order valence-corrected chi connectivity index (χ4v) is 2.24. The summed E-state index contributed by atoms with van der Waals surface area (Å²) in [5, 5.41) is 3.22. The van der Waals surface area contributed by atoms with Crippen molar-refractivity contribution in [1.29, 1.82) is 0 Å². The predicted octanol–water partition coefficient (Wildman–Crippen LogP) is 1.70. The smallest absolute Gasteiger partial charge is 0.323 e. The lowest BCUT2D eigenvalue weighted by Crippen LogP contribution is -2.36. The van der Waals surface area contributed by atoms with E-state index in [1.54, 1.807) is 0 Å². The topological polar surface area (TPSA) is 38.3 Å². The van der Waals surface area contributed by atoms with E-state index in [2.05, 4.69) is 17.4 Å². The molecule has 1 fully saturated rings. The maximum atomic E-state index is 11.7. The number of carbonyl (C=O) groups excluding carboxylic acids is 1. The van der Waals surface area contributed by atoms with Gasteiger partial charge in [-0.1, -0.05) is 30.3 Å². The molecule has 1 N–H and O–H groups in total. The molecule has 1 aromatic rings. The van der Waals surface area contributed by atoms with E-state index in [-0.39, 0.29) is 17.9 Å². The van der Waals surface area contributed by atoms with Crippen molar-refractivity contribution in [2.45, 2.75) is 25.3 Å². The van der Waals surface area contributed by atoms with E-state index in [1.165, 1.54) is 5.56 Å². The highest BCUT2D eigenvalue weighted by atomic mass is 16.5. The van der Waals surface area contributed by atoms with Gasteiger partial charge in [0.05, 0.1) is 6.61 Å². The zero-order chi connectivity index (χ0) is 11.4. The Bertz CT molecular complexity index is 350. The van der Waals surface area contributed by atoms with Crippen LogP contribution >= 0.6 is 0 Å². The van der Waals surface area contributed by atoms with Crippen molar-refractivity contribution in [2.75, 3.05) is 13.2 Å². The van der Waals surface area contributed by atoms with Gasteiger partial charge in [-0.25, -0.2) is 0 Å². The summed E-state index contributed by atoms with van der Waals surface area (Å²) in [4.78, 5) is 11.7. The molecule has 0 aromatic heterocycles. The standard InChI is InChI=1S/C13H17NO2/c1-2-16-13(15)12-11(8-9-14-12)10-6-4-3-5-7-10/h3-7,11-12,14H,2,8-9H2,1H3/t11-,12-/m0/s1. The second-order valence-electron chi connectivity index (χ2n) is 3.99. The van der Waals surface area contributed by atoms with Gasteiger partial charge in [0, 0.05) is 5.92 Å². The number of carbonyl (C=O) groups is 1. The van der Waals surface area contributed by atoms with E-state index in [0.717, 1.165) is 13.0 Å². The third-order valence-corrected chi connectivity index (χ3v) is 2.99. The number of ether oxygens (including phenoxy) is 1. The Morgan fingerprint density at radius 3 is 2.88 bits per heavy atom.